The van der Waals surface area contributed by atoms with Crippen molar-refractivity contribution in [3.05, 3.63) is 41.9 Å². The molecule has 1 saturated carbocycles. The number of rotatable bonds is 5. The SMILES string of the molecule is CCNC(=NCc1ncc(-c2ccc(C)cc2)o1)NC1CC1.I. The van der Waals surface area contributed by atoms with Crippen molar-refractivity contribution in [3.63, 3.8) is 0 Å². The number of nitrogens with zero attached hydrogens (tertiary/aromatic N) is 2. The van der Waals surface area contributed by atoms with Gasteiger partial charge in [-0.2, -0.15) is 0 Å². The minimum atomic E-state index is 0. The van der Waals surface area contributed by atoms with Crippen LogP contribution < -0.4 is 10.6 Å². The number of aryl methyl sites for hydroxylation is 1. The van der Waals surface area contributed by atoms with Crippen molar-refractivity contribution in [1.82, 2.24) is 15.6 Å². The van der Waals surface area contributed by atoms with E-state index in [4.69, 9.17) is 4.42 Å². The van der Waals surface area contributed by atoms with E-state index in [0.29, 0.717) is 18.5 Å². The fraction of sp³-hybridized carbons (Fsp3) is 0.412. The molecule has 23 heavy (non-hydrogen) atoms. The van der Waals surface area contributed by atoms with Gasteiger partial charge in [0.1, 0.15) is 6.54 Å². The fourth-order valence-electron chi connectivity index (χ4n) is 2.12. The van der Waals surface area contributed by atoms with E-state index in [-0.39, 0.29) is 24.0 Å². The zero-order chi connectivity index (χ0) is 15.4. The van der Waals surface area contributed by atoms with Crippen LogP contribution in [0.2, 0.25) is 0 Å². The van der Waals surface area contributed by atoms with Gasteiger partial charge in [-0.3, -0.25) is 0 Å². The maximum Gasteiger partial charge on any atom is 0.216 e. The smallest absolute Gasteiger partial charge is 0.216 e. The van der Waals surface area contributed by atoms with Gasteiger partial charge in [-0.15, -0.1) is 24.0 Å². The lowest BCUT2D eigenvalue weighted by Gasteiger charge is -2.09. The number of oxazole rings is 1. The van der Waals surface area contributed by atoms with Crippen molar-refractivity contribution in [2.24, 2.45) is 4.99 Å². The molecule has 1 heterocycles. The van der Waals surface area contributed by atoms with E-state index in [2.05, 4.69) is 46.6 Å². The minimum Gasteiger partial charge on any atom is -0.439 e. The molecule has 0 atom stereocenters. The summed E-state index contributed by atoms with van der Waals surface area (Å²) < 4.78 is 5.78. The van der Waals surface area contributed by atoms with Gasteiger partial charge in [-0.25, -0.2) is 9.98 Å². The number of hydrogen-bond acceptors (Lipinski definition) is 3. The van der Waals surface area contributed by atoms with Crippen LogP contribution in [-0.2, 0) is 6.54 Å². The summed E-state index contributed by atoms with van der Waals surface area (Å²) >= 11 is 0. The summed E-state index contributed by atoms with van der Waals surface area (Å²) in [6.45, 7) is 5.41. The van der Waals surface area contributed by atoms with Crippen LogP contribution in [0, 0.1) is 6.92 Å². The van der Waals surface area contributed by atoms with Crippen LogP contribution in [0.3, 0.4) is 0 Å². The quantitative estimate of drug-likeness (QED) is 0.437. The summed E-state index contributed by atoms with van der Waals surface area (Å²) in [7, 11) is 0. The Balaban J connectivity index is 0.00000192. The summed E-state index contributed by atoms with van der Waals surface area (Å²) in [6, 6.07) is 8.80. The highest BCUT2D eigenvalue weighted by Crippen LogP contribution is 2.21. The molecule has 6 heteroatoms. The van der Waals surface area contributed by atoms with E-state index in [0.717, 1.165) is 23.8 Å². The van der Waals surface area contributed by atoms with Crippen molar-refractivity contribution in [1.29, 1.82) is 0 Å². The van der Waals surface area contributed by atoms with Gasteiger partial charge in [-0.05, 0) is 26.7 Å². The van der Waals surface area contributed by atoms with Gasteiger partial charge < -0.3 is 15.1 Å². The first-order chi connectivity index (χ1) is 10.7. The first-order valence-electron chi connectivity index (χ1n) is 7.81. The van der Waals surface area contributed by atoms with Crippen molar-refractivity contribution in [2.75, 3.05) is 6.54 Å². The second-order valence-electron chi connectivity index (χ2n) is 5.60. The average Bonchev–Trinajstić information content (AvgIpc) is 3.21. The van der Waals surface area contributed by atoms with E-state index in [1.54, 1.807) is 6.20 Å². The molecule has 0 radical (unpaired) electrons. The first kappa shape index (κ1) is 17.8. The highest BCUT2D eigenvalue weighted by atomic mass is 127. The van der Waals surface area contributed by atoms with E-state index in [1.165, 1.54) is 18.4 Å². The van der Waals surface area contributed by atoms with Crippen LogP contribution in [0.5, 0.6) is 0 Å². The molecule has 1 aliphatic carbocycles. The Labute approximate surface area is 154 Å². The molecular weight excluding hydrogens is 403 g/mol. The van der Waals surface area contributed by atoms with Gasteiger partial charge in [0.25, 0.3) is 0 Å². The predicted octanol–water partition coefficient (Wildman–Crippen LogP) is 3.49. The summed E-state index contributed by atoms with van der Waals surface area (Å²) in [5.74, 6) is 2.24. The Bertz CT molecular complexity index is 647. The van der Waals surface area contributed by atoms with Crippen molar-refractivity contribution >= 4 is 29.9 Å². The summed E-state index contributed by atoms with van der Waals surface area (Å²) in [6.07, 6.45) is 4.21. The number of aromatic nitrogens is 1. The number of halogens is 1. The predicted molar refractivity (Wildman–Crippen MR) is 103 cm³/mol. The Kier molecular flexibility index (Phi) is 6.44. The van der Waals surface area contributed by atoms with Crippen LogP contribution in [0.25, 0.3) is 11.3 Å². The maximum absolute atomic E-state index is 5.78. The molecule has 124 valence electrons. The van der Waals surface area contributed by atoms with E-state index in [1.807, 2.05) is 12.1 Å². The lowest BCUT2D eigenvalue weighted by molar-refractivity contribution is 0.509. The van der Waals surface area contributed by atoms with Gasteiger partial charge in [-0.1, -0.05) is 29.8 Å². The number of nitrogens with one attached hydrogen (secondary N) is 2. The molecule has 1 aliphatic rings. The molecule has 0 saturated heterocycles. The lowest BCUT2D eigenvalue weighted by Crippen LogP contribution is -2.38. The van der Waals surface area contributed by atoms with Crippen LogP contribution in [0.15, 0.2) is 39.9 Å². The van der Waals surface area contributed by atoms with Crippen LogP contribution in [-0.4, -0.2) is 23.5 Å². The summed E-state index contributed by atoms with van der Waals surface area (Å²) in [5, 5.41) is 6.61. The van der Waals surface area contributed by atoms with Crippen LogP contribution in [0.4, 0.5) is 0 Å². The molecule has 1 fully saturated rings. The zero-order valence-corrected chi connectivity index (χ0v) is 15.8. The average molecular weight is 426 g/mol. The second-order valence-corrected chi connectivity index (χ2v) is 5.60. The molecule has 2 aromatic rings. The summed E-state index contributed by atoms with van der Waals surface area (Å²) in [5.41, 5.74) is 2.27. The normalized spacial score (nSPS) is 14.3. The third-order valence-corrected chi connectivity index (χ3v) is 3.52. The van der Waals surface area contributed by atoms with Gasteiger partial charge in [0, 0.05) is 18.2 Å². The highest BCUT2D eigenvalue weighted by Gasteiger charge is 2.22. The molecule has 3 rings (SSSR count). The maximum atomic E-state index is 5.78. The van der Waals surface area contributed by atoms with Crippen LogP contribution in [0.1, 0.15) is 31.2 Å². The molecule has 0 spiro atoms. The lowest BCUT2D eigenvalue weighted by atomic mass is 10.1. The highest BCUT2D eigenvalue weighted by molar-refractivity contribution is 14.0. The zero-order valence-electron chi connectivity index (χ0n) is 13.5. The van der Waals surface area contributed by atoms with Crippen molar-refractivity contribution in [3.8, 4) is 11.3 Å². The van der Waals surface area contributed by atoms with Gasteiger partial charge in [0.2, 0.25) is 5.89 Å². The molecule has 1 aromatic carbocycles. The first-order valence-corrected chi connectivity index (χ1v) is 7.81. The van der Waals surface area contributed by atoms with Crippen LogP contribution >= 0.6 is 24.0 Å². The largest absolute Gasteiger partial charge is 0.439 e. The molecule has 1 aromatic heterocycles. The van der Waals surface area contributed by atoms with E-state index in [9.17, 15) is 0 Å². The van der Waals surface area contributed by atoms with Crippen molar-refractivity contribution in [2.45, 2.75) is 39.3 Å². The Hall–Kier alpha value is -1.57. The minimum absolute atomic E-state index is 0. The van der Waals surface area contributed by atoms with E-state index >= 15 is 0 Å². The molecule has 0 aliphatic heterocycles. The van der Waals surface area contributed by atoms with Gasteiger partial charge in [0.15, 0.2) is 11.7 Å². The fourth-order valence-corrected chi connectivity index (χ4v) is 2.12. The topological polar surface area (TPSA) is 62.5 Å². The molecule has 0 amide bonds. The number of aliphatic imine (C=N–C) groups is 1. The third-order valence-electron chi connectivity index (χ3n) is 3.52. The third kappa shape index (κ3) is 5.23. The Morgan fingerprint density at radius 2 is 2.04 bits per heavy atom. The molecular formula is C17H23IN4O. The number of guanidine groups is 1. The van der Waals surface area contributed by atoms with Gasteiger partial charge in [0.05, 0.1) is 6.20 Å². The monoisotopic (exact) mass is 426 g/mol. The molecule has 0 bridgehead atoms. The number of hydrogen-bond donors (Lipinski definition) is 2. The van der Waals surface area contributed by atoms with E-state index < -0.39 is 0 Å². The second kappa shape index (κ2) is 8.33. The Morgan fingerprint density at radius 3 is 2.70 bits per heavy atom. The molecule has 5 nitrogen and oxygen atoms in total. The molecule has 0 unspecified atom stereocenters. The van der Waals surface area contributed by atoms with Gasteiger partial charge >= 0.3 is 0 Å². The molecule has 2 N–H and O–H groups in total. The summed E-state index contributed by atoms with van der Waals surface area (Å²) in [4.78, 5) is 8.84. The number of benzene rings is 1. The Morgan fingerprint density at radius 1 is 1.30 bits per heavy atom. The van der Waals surface area contributed by atoms with Crippen molar-refractivity contribution < 1.29 is 4.42 Å². The standard InChI is InChI=1S/C17H22N4O.HI/c1-3-18-17(21-14-8-9-14)20-11-16-19-10-15(22-16)13-6-4-12(2)5-7-13;/h4-7,10,14H,3,8-9,11H2,1-2H3,(H2,18,20,21);1H.